The lowest BCUT2D eigenvalue weighted by atomic mass is 10.1. The number of hydrogen-bond acceptors (Lipinski definition) is 7. The summed E-state index contributed by atoms with van der Waals surface area (Å²) in [6.07, 6.45) is 6.18. The molecule has 1 heterocycles. The van der Waals surface area contributed by atoms with E-state index in [1.807, 2.05) is 6.92 Å². The molecule has 0 atom stereocenters. The Kier molecular flexibility index (Phi) is 7.76. The third-order valence-electron chi connectivity index (χ3n) is 4.25. The number of benzene rings is 1. The van der Waals surface area contributed by atoms with Crippen LogP contribution >= 0.6 is 0 Å². The summed E-state index contributed by atoms with van der Waals surface area (Å²) in [6, 6.07) is 9.39. The van der Waals surface area contributed by atoms with Gasteiger partial charge in [-0.25, -0.2) is 9.69 Å². The van der Waals surface area contributed by atoms with E-state index < -0.39 is 16.6 Å². The highest BCUT2D eigenvalue weighted by molar-refractivity contribution is 5.97. The highest BCUT2D eigenvalue weighted by Gasteiger charge is 2.26. The molecule has 0 unspecified atom stereocenters. The molecule has 0 bridgehead atoms. The van der Waals surface area contributed by atoms with E-state index in [1.54, 1.807) is 51.2 Å². The predicted molar refractivity (Wildman–Crippen MR) is 117 cm³/mol. The van der Waals surface area contributed by atoms with Gasteiger partial charge in [-0.15, -0.1) is 0 Å². The molecule has 1 aliphatic rings. The van der Waals surface area contributed by atoms with Gasteiger partial charge in [-0.05, 0) is 57.9 Å². The quantitative estimate of drug-likeness (QED) is 0.475. The van der Waals surface area contributed by atoms with Gasteiger partial charge in [-0.2, -0.15) is 9.59 Å². The zero-order valence-electron chi connectivity index (χ0n) is 18.2. The molecule has 0 radical (unpaired) electrons. The molecule has 0 fully saturated rings. The molecular weight excluding hydrogens is 414 g/mol. The molecule has 1 aromatic carbocycles. The van der Waals surface area contributed by atoms with Crippen molar-refractivity contribution >= 4 is 34.9 Å². The number of nitro groups is 1. The molecule has 1 aliphatic carbocycles. The van der Waals surface area contributed by atoms with Crippen molar-refractivity contribution in [2.45, 2.75) is 39.7 Å². The first-order valence-electron chi connectivity index (χ1n) is 9.66. The number of aromatic nitrogens is 1. The second kappa shape index (κ2) is 10.3. The number of anilines is 2. The van der Waals surface area contributed by atoms with E-state index in [-0.39, 0.29) is 11.8 Å². The van der Waals surface area contributed by atoms with Crippen LogP contribution in [-0.4, -0.2) is 27.8 Å². The van der Waals surface area contributed by atoms with Crippen molar-refractivity contribution in [1.82, 2.24) is 4.98 Å². The molecule has 2 aromatic rings. The monoisotopic (exact) mass is 437 g/mol. The Hall–Kier alpha value is -4.10. The van der Waals surface area contributed by atoms with Gasteiger partial charge in [0.2, 0.25) is 0 Å². The van der Waals surface area contributed by atoms with Gasteiger partial charge in [-0.3, -0.25) is 15.1 Å². The molecule has 9 heteroatoms. The molecular formula is C23H23N3O6. The summed E-state index contributed by atoms with van der Waals surface area (Å²) in [5, 5.41) is 11.2. The Bertz CT molecular complexity index is 1110. The van der Waals surface area contributed by atoms with Gasteiger partial charge in [0.25, 0.3) is 5.69 Å². The van der Waals surface area contributed by atoms with Gasteiger partial charge < -0.3 is 4.74 Å². The molecule has 32 heavy (non-hydrogen) atoms. The number of pyridine rings is 1. The molecule has 0 saturated heterocycles. The molecule has 1 aromatic heterocycles. The molecule has 3 rings (SSSR count). The third-order valence-corrected chi connectivity index (χ3v) is 4.25. The average molecular weight is 437 g/mol. The van der Waals surface area contributed by atoms with E-state index >= 15 is 0 Å². The minimum atomic E-state index is -0.721. The number of amides is 1. The minimum Gasteiger partial charge on any atom is -0.443 e. The van der Waals surface area contributed by atoms with Gasteiger partial charge in [0.05, 0.1) is 22.0 Å². The van der Waals surface area contributed by atoms with Crippen LogP contribution in [0.15, 0.2) is 60.3 Å². The molecule has 166 valence electrons. The van der Waals surface area contributed by atoms with E-state index in [1.165, 1.54) is 17.0 Å². The number of ether oxygens (including phenoxy) is 1. The minimum absolute atomic E-state index is 0.108. The maximum Gasteiger partial charge on any atom is 0.419 e. The number of allylic oxidation sites excluding steroid dienone is 4. The maximum atomic E-state index is 13.0. The highest BCUT2D eigenvalue weighted by atomic mass is 16.6. The number of nitro benzene ring substituents is 1. The Balaban J connectivity index is 0.00000114. The number of rotatable bonds is 4. The van der Waals surface area contributed by atoms with Crippen LogP contribution in [0, 0.1) is 10.1 Å². The largest absolute Gasteiger partial charge is 0.443 e. The molecule has 1 amide bonds. The summed E-state index contributed by atoms with van der Waals surface area (Å²) in [5.41, 5.74) is 3.00. The number of non-ortho nitro benzene ring substituents is 1. The molecule has 0 N–H and O–H groups in total. The fourth-order valence-electron chi connectivity index (χ4n) is 2.99. The maximum absolute atomic E-state index is 13.0. The van der Waals surface area contributed by atoms with Crippen LogP contribution in [-0.2, 0) is 14.3 Å². The van der Waals surface area contributed by atoms with Crippen molar-refractivity contribution in [3.8, 4) is 0 Å². The van der Waals surface area contributed by atoms with Gasteiger partial charge in [-0.1, -0.05) is 23.8 Å². The smallest absolute Gasteiger partial charge is 0.419 e. The van der Waals surface area contributed by atoms with Crippen LogP contribution in [0.3, 0.4) is 0 Å². The van der Waals surface area contributed by atoms with Gasteiger partial charge in [0, 0.05) is 18.3 Å². The highest BCUT2D eigenvalue weighted by Crippen LogP contribution is 2.33. The lowest BCUT2D eigenvalue weighted by Crippen LogP contribution is -2.34. The lowest BCUT2D eigenvalue weighted by molar-refractivity contribution is -0.384. The summed E-state index contributed by atoms with van der Waals surface area (Å²) in [7, 11) is 0. The topological polar surface area (TPSA) is 120 Å². The second-order valence-corrected chi connectivity index (χ2v) is 7.90. The van der Waals surface area contributed by atoms with Crippen molar-refractivity contribution in [2.75, 3.05) is 4.90 Å². The van der Waals surface area contributed by atoms with Crippen molar-refractivity contribution in [3.05, 3.63) is 76.1 Å². The van der Waals surface area contributed by atoms with Crippen LogP contribution in [0.5, 0.6) is 0 Å². The van der Waals surface area contributed by atoms with E-state index in [2.05, 4.69) is 17.1 Å². The van der Waals surface area contributed by atoms with Crippen molar-refractivity contribution < 1.29 is 24.0 Å². The second-order valence-electron chi connectivity index (χ2n) is 7.90. The summed E-state index contributed by atoms with van der Waals surface area (Å²) in [5.74, 6) is 0. The van der Waals surface area contributed by atoms with Crippen molar-refractivity contribution in [2.24, 2.45) is 0 Å². The number of carbonyl (C=O) groups is 1. The first kappa shape index (κ1) is 24.2. The van der Waals surface area contributed by atoms with E-state index in [9.17, 15) is 14.9 Å². The zero-order valence-corrected chi connectivity index (χ0v) is 18.2. The van der Waals surface area contributed by atoms with E-state index in [4.69, 9.17) is 14.3 Å². The Morgan fingerprint density at radius 3 is 2.41 bits per heavy atom. The van der Waals surface area contributed by atoms with Crippen LogP contribution < -0.4 is 4.90 Å². The number of hydrogen-bond donors (Lipinski definition) is 0. The first-order chi connectivity index (χ1) is 15.1. The standard InChI is InChI=1S/C22H23N3O4.CO2/c1-15-8-9-16(12-15)20-14-18(10-11-23-20)24(21(26)29-22(2,3)4)17-6-5-7-19(13-17)25(27)28;2-1-3/h5-8,10-14H,9H2,1-4H3;. The average Bonchev–Trinajstić information content (AvgIpc) is 3.14. The number of nitrogens with zero attached hydrogens (tertiary/aromatic N) is 3. The van der Waals surface area contributed by atoms with Crippen molar-refractivity contribution in [3.63, 3.8) is 0 Å². The summed E-state index contributed by atoms with van der Waals surface area (Å²) < 4.78 is 5.56. The number of carbonyl (C=O) groups excluding carboxylic acids is 3. The zero-order chi connectivity index (χ0) is 23.9. The molecule has 0 saturated carbocycles. The van der Waals surface area contributed by atoms with Crippen LogP contribution in [0.1, 0.15) is 39.8 Å². The normalized spacial score (nSPS) is 12.5. The Morgan fingerprint density at radius 2 is 1.84 bits per heavy atom. The van der Waals surface area contributed by atoms with Crippen LogP contribution in [0.2, 0.25) is 0 Å². The first-order valence-corrected chi connectivity index (χ1v) is 9.66. The summed E-state index contributed by atoms with van der Waals surface area (Å²) in [4.78, 5) is 45.7. The summed E-state index contributed by atoms with van der Waals surface area (Å²) in [6.45, 7) is 7.33. The fourth-order valence-corrected chi connectivity index (χ4v) is 2.99. The van der Waals surface area contributed by atoms with Gasteiger partial charge in [0.15, 0.2) is 0 Å². The van der Waals surface area contributed by atoms with Gasteiger partial charge >= 0.3 is 12.2 Å². The van der Waals surface area contributed by atoms with Gasteiger partial charge in [0.1, 0.15) is 5.60 Å². The lowest BCUT2D eigenvalue weighted by Gasteiger charge is -2.27. The SMILES string of the molecule is CC1=CCC(c2cc(N(C(=O)OC(C)(C)C)c3cccc([N+](=O)[O-])c3)ccn2)=C1.O=C=O. The van der Waals surface area contributed by atoms with Crippen LogP contribution in [0.4, 0.5) is 21.9 Å². The Labute approximate surface area is 185 Å². The molecule has 0 spiro atoms. The Morgan fingerprint density at radius 1 is 1.19 bits per heavy atom. The van der Waals surface area contributed by atoms with E-state index in [0.717, 1.165) is 23.3 Å². The molecule has 0 aliphatic heterocycles. The third kappa shape index (κ3) is 6.45. The predicted octanol–water partition coefficient (Wildman–Crippen LogP) is 5.21. The fraction of sp³-hybridized carbons (Fsp3) is 0.261. The van der Waals surface area contributed by atoms with Crippen molar-refractivity contribution in [1.29, 1.82) is 0 Å². The summed E-state index contributed by atoms with van der Waals surface area (Å²) >= 11 is 0. The van der Waals surface area contributed by atoms with Crippen LogP contribution in [0.25, 0.3) is 5.57 Å². The molecule has 9 nitrogen and oxygen atoms in total. The van der Waals surface area contributed by atoms with E-state index in [0.29, 0.717) is 11.4 Å².